The number of nitrogens with zero attached hydrogens (tertiary/aromatic N) is 1. The van der Waals surface area contributed by atoms with E-state index in [1.54, 1.807) is 18.2 Å². The number of carboxylic acids is 1. The molecule has 0 aliphatic carbocycles. The van der Waals surface area contributed by atoms with Crippen molar-refractivity contribution in [3.63, 3.8) is 0 Å². The molecule has 7 heteroatoms. The molecule has 0 saturated carbocycles. The minimum Gasteiger partial charge on any atom is -0.496 e. The second-order valence-corrected chi connectivity index (χ2v) is 6.23. The summed E-state index contributed by atoms with van der Waals surface area (Å²) in [5.41, 5.74) is 1.38. The number of amides is 1. The molecular formula is C22H25NO6. The maximum atomic E-state index is 12.9. The van der Waals surface area contributed by atoms with Crippen molar-refractivity contribution in [2.75, 3.05) is 21.3 Å². The molecule has 0 radical (unpaired) electrons. The first-order valence-electron chi connectivity index (χ1n) is 8.96. The molecule has 0 unspecified atom stereocenters. The Morgan fingerprint density at radius 2 is 1.62 bits per heavy atom. The molecule has 0 aliphatic rings. The average Bonchev–Trinajstić information content (AvgIpc) is 2.75. The zero-order valence-corrected chi connectivity index (χ0v) is 16.9. The fourth-order valence-electron chi connectivity index (χ4n) is 2.77. The van der Waals surface area contributed by atoms with Crippen molar-refractivity contribution in [1.29, 1.82) is 0 Å². The molecule has 1 atom stereocenters. The number of ether oxygens (including phenoxy) is 3. The highest BCUT2D eigenvalue weighted by molar-refractivity contribution is 5.94. The lowest BCUT2D eigenvalue weighted by atomic mass is 10.1. The van der Waals surface area contributed by atoms with E-state index in [4.69, 9.17) is 14.2 Å². The number of methoxy groups -OCH3 is 3. The van der Waals surface area contributed by atoms with Crippen LogP contribution in [0.5, 0.6) is 17.2 Å². The number of carboxylic acid groups (broad SMARTS) is 1. The van der Waals surface area contributed by atoms with E-state index in [0.29, 0.717) is 22.8 Å². The average molecular weight is 399 g/mol. The first-order valence-corrected chi connectivity index (χ1v) is 8.96. The number of carbonyl (C=O) groups is 2. The van der Waals surface area contributed by atoms with Crippen molar-refractivity contribution in [2.45, 2.75) is 19.5 Å². The van der Waals surface area contributed by atoms with Crippen LogP contribution in [0.3, 0.4) is 0 Å². The lowest BCUT2D eigenvalue weighted by molar-refractivity contribution is -0.148. The van der Waals surface area contributed by atoms with Crippen molar-refractivity contribution in [2.24, 2.45) is 0 Å². The minimum atomic E-state index is -1.11. The Labute approximate surface area is 170 Å². The second-order valence-electron chi connectivity index (χ2n) is 6.23. The molecule has 29 heavy (non-hydrogen) atoms. The summed E-state index contributed by atoms with van der Waals surface area (Å²) in [7, 11) is 4.49. The number of aliphatic carboxylic acids is 1. The molecule has 0 aromatic heterocycles. The first kappa shape index (κ1) is 21.8. The van der Waals surface area contributed by atoms with Gasteiger partial charge in [0.05, 0.1) is 33.4 Å². The largest absolute Gasteiger partial charge is 0.496 e. The molecule has 1 amide bonds. The van der Waals surface area contributed by atoms with E-state index >= 15 is 0 Å². The second kappa shape index (κ2) is 10.2. The number of rotatable bonds is 9. The van der Waals surface area contributed by atoms with Gasteiger partial charge < -0.3 is 24.2 Å². The van der Waals surface area contributed by atoms with Gasteiger partial charge >= 0.3 is 5.97 Å². The van der Waals surface area contributed by atoms with E-state index in [-0.39, 0.29) is 6.54 Å². The van der Waals surface area contributed by atoms with Crippen molar-refractivity contribution in [3.05, 3.63) is 59.7 Å². The summed E-state index contributed by atoms with van der Waals surface area (Å²) < 4.78 is 16.1. The number of benzene rings is 2. The molecular weight excluding hydrogens is 374 g/mol. The van der Waals surface area contributed by atoms with Gasteiger partial charge in [-0.25, -0.2) is 4.79 Å². The molecule has 0 saturated heterocycles. The highest BCUT2D eigenvalue weighted by Crippen LogP contribution is 2.35. The maximum absolute atomic E-state index is 12.9. The van der Waals surface area contributed by atoms with E-state index < -0.39 is 17.9 Å². The molecule has 154 valence electrons. The highest BCUT2D eigenvalue weighted by atomic mass is 16.5. The van der Waals surface area contributed by atoms with Crippen LogP contribution < -0.4 is 14.2 Å². The topological polar surface area (TPSA) is 85.3 Å². The monoisotopic (exact) mass is 399 g/mol. The summed E-state index contributed by atoms with van der Waals surface area (Å²) in [6.45, 7) is 1.45. The summed E-state index contributed by atoms with van der Waals surface area (Å²) >= 11 is 0. The molecule has 0 fully saturated rings. The fourth-order valence-corrected chi connectivity index (χ4v) is 2.77. The van der Waals surface area contributed by atoms with Crippen LogP contribution in [0.4, 0.5) is 0 Å². The Bertz CT molecular complexity index is 853. The summed E-state index contributed by atoms with van der Waals surface area (Å²) in [6.07, 6.45) is 3.00. The Kier molecular flexibility index (Phi) is 7.65. The summed E-state index contributed by atoms with van der Waals surface area (Å²) in [6, 6.07) is 11.6. The van der Waals surface area contributed by atoms with E-state index in [2.05, 4.69) is 0 Å². The molecule has 0 bridgehead atoms. The van der Waals surface area contributed by atoms with Crippen LogP contribution >= 0.6 is 0 Å². The van der Waals surface area contributed by atoms with Gasteiger partial charge in [-0.15, -0.1) is 0 Å². The van der Waals surface area contributed by atoms with Crippen molar-refractivity contribution < 1.29 is 28.9 Å². The van der Waals surface area contributed by atoms with Crippen LogP contribution in [-0.4, -0.2) is 49.3 Å². The van der Waals surface area contributed by atoms with E-state index in [1.807, 2.05) is 30.3 Å². The molecule has 0 heterocycles. The number of hydrogen-bond acceptors (Lipinski definition) is 5. The standard InChI is InChI=1S/C22H25NO6/c1-15(22(25)26)23(21(24)11-10-16-8-6-5-7-9-16)14-18-19(28-3)12-17(27-2)13-20(18)29-4/h5-13,15H,14H2,1-4H3,(H,25,26)/t15-/m0/s1. The Balaban J connectivity index is 2.40. The van der Waals surface area contributed by atoms with Crippen LogP contribution in [-0.2, 0) is 16.1 Å². The number of carbonyl (C=O) groups excluding carboxylic acids is 1. The first-order chi connectivity index (χ1) is 13.9. The quantitative estimate of drug-likeness (QED) is 0.652. The summed E-state index contributed by atoms with van der Waals surface area (Å²) in [5.74, 6) is -0.163. The van der Waals surface area contributed by atoms with Gasteiger partial charge in [-0.3, -0.25) is 4.79 Å². The van der Waals surface area contributed by atoms with Crippen molar-refractivity contribution >= 4 is 18.0 Å². The zero-order valence-electron chi connectivity index (χ0n) is 16.9. The van der Waals surface area contributed by atoms with Crippen LogP contribution in [0.2, 0.25) is 0 Å². The van der Waals surface area contributed by atoms with E-state index in [1.165, 1.54) is 39.2 Å². The predicted octanol–water partition coefficient (Wildman–Crippen LogP) is 3.23. The third kappa shape index (κ3) is 5.51. The molecule has 0 spiro atoms. The smallest absolute Gasteiger partial charge is 0.326 e. The lowest BCUT2D eigenvalue weighted by Crippen LogP contribution is -2.42. The molecule has 1 N–H and O–H groups in total. The molecule has 7 nitrogen and oxygen atoms in total. The van der Waals surface area contributed by atoms with Gasteiger partial charge in [-0.2, -0.15) is 0 Å². The van der Waals surface area contributed by atoms with Crippen LogP contribution in [0.25, 0.3) is 6.08 Å². The summed E-state index contributed by atoms with van der Waals surface area (Å²) in [4.78, 5) is 25.7. The van der Waals surface area contributed by atoms with Gasteiger partial charge in [-0.05, 0) is 18.6 Å². The van der Waals surface area contributed by atoms with Gasteiger partial charge in [0.1, 0.15) is 23.3 Å². The molecule has 2 aromatic carbocycles. The van der Waals surface area contributed by atoms with Gasteiger partial charge in [0, 0.05) is 18.2 Å². The lowest BCUT2D eigenvalue weighted by Gasteiger charge is -2.27. The Morgan fingerprint density at radius 1 is 1.03 bits per heavy atom. The van der Waals surface area contributed by atoms with Gasteiger partial charge in [0.2, 0.25) is 5.91 Å². The van der Waals surface area contributed by atoms with Gasteiger partial charge in [-0.1, -0.05) is 30.3 Å². The molecule has 2 aromatic rings. The normalized spacial score (nSPS) is 11.7. The fraction of sp³-hybridized carbons (Fsp3) is 0.273. The number of hydrogen-bond donors (Lipinski definition) is 1. The molecule has 2 rings (SSSR count). The highest BCUT2D eigenvalue weighted by Gasteiger charge is 2.27. The van der Waals surface area contributed by atoms with Crippen molar-refractivity contribution in [3.8, 4) is 17.2 Å². The summed E-state index contributed by atoms with van der Waals surface area (Å²) in [5, 5.41) is 9.50. The van der Waals surface area contributed by atoms with Crippen LogP contribution in [0.1, 0.15) is 18.1 Å². The van der Waals surface area contributed by atoms with Crippen molar-refractivity contribution in [1.82, 2.24) is 4.90 Å². The van der Waals surface area contributed by atoms with Crippen LogP contribution in [0.15, 0.2) is 48.5 Å². The SMILES string of the molecule is COc1cc(OC)c(CN(C(=O)C=Cc2ccccc2)[C@@H](C)C(=O)O)c(OC)c1. The Morgan fingerprint density at radius 3 is 2.10 bits per heavy atom. The van der Waals surface area contributed by atoms with Gasteiger partial charge in [0.15, 0.2) is 0 Å². The van der Waals surface area contributed by atoms with E-state index in [9.17, 15) is 14.7 Å². The Hall–Kier alpha value is -3.48. The molecule has 0 aliphatic heterocycles. The third-order valence-corrected chi connectivity index (χ3v) is 4.47. The van der Waals surface area contributed by atoms with Gasteiger partial charge in [0.25, 0.3) is 0 Å². The maximum Gasteiger partial charge on any atom is 0.326 e. The third-order valence-electron chi connectivity index (χ3n) is 4.47. The van der Waals surface area contributed by atoms with Crippen LogP contribution in [0, 0.1) is 0 Å². The zero-order chi connectivity index (χ0) is 21.4. The minimum absolute atomic E-state index is 0.0121. The van der Waals surface area contributed by atoms with E-state index in [0.717, 1.165) is 5.56 Å². The predicted molar refractivity (Wildman–Crippen MR) is 109 cm³/mol.